The molecule has 0 spiro atoms. The van der Waals surface area contributed by atoms with Crippen molar-refractivity contribution in [3.8, 4) is 11.3 Å². The van der Waals surface area contributed by atoms with Crippen LogP contribution in [0, 0.1) is 0 Å². The Balaban J connectivity index is 1.57. The molecule has 0 aliphatic carbocycles. The van der Waals surface area contributed by atoms with Gasteiger partial charge >= 0.3 is 12.1 Å². The van der Waals surface area contributed by atoms with E-state index in [0.717, 1.165) is 12.1 Å². The number of nitrogens with zero attached hydrogens (tertiary/aromatic N) is 1. The highest BCUT2D eigenvalue weighted by molar-refractivity contribution is 5.96. The van der Waals surface area contributed by atoms with Gasteiger partial charge < -0.3 is 14.5 Å². The first kappa shape index (κ1) is 22.6. The van der Waals surface area contributed by atoms with Gasteiger partial charge in [0.25, 0.3) is 5.91 Å². The number of amides is 1. The largest absolute Gasteiger partial charge is 0.465 e. The lowest BCUT2D eigenvalue weighted by Gasteiger charge is -2.09. The molecule has 0 fully saturated rings. The van der Waals surface area contributed by atoms with Crippen molar-refractivity contribution in [2.24, 2.45) is 5.10 Å². The second kappa shape index (κ2) is 9.82. The molecule has 10 heteroatoms. The first-order valence-corrected chi connectivity index (χ1v) is 9.28. The van der Waals surface area contributed by atoms with Gasteiger partial charge in [-0.25, -0.2) is 10.2 Å². The number of methoxy groups -OCH3 is 1. The van der Waals surface area contributed by atoms with Crippen LogP contribution < -0.4 is 10.7 Å². The number of rotatable bonds is 7. The van der Waals surface area contributed by atoms with Crippen molar-refractivity contribution in [2.45, 2.75) is 6.18 Å². The molecule has 0 atom stereocenters. The summed E-state index contributed by atoms with van der Waals surface area (Å²) in [6, 6.07) is 14.5. The Kier molecular flexibility index (Phi) is 6.93. The van der Waals surface area contributed by atoms with Crippen LogP contribution in [0.4, 0.5) is 18.9 Å². The normalized spacial score (nSPS) is 11.4. The molecule has 1 aromatic heterocycles. The minimum Gasteiger partial charge on any atom is -0.465 e. The van der Waals surface area contributed by atoms with Gasteiger partial charge in [-0.1, -0.05) is 24.3 Å². The third-order valence-electron chi connectivity index (χ3n) is 4.25. The van der Waals surface area contributed by atoms with Gasteiger partial charge in [-0.3, -0.25) is 4.79 Å². The molecule has 0 bridgehead atoms. The molecule has 32 heavy (non-hydrogen) atoms. The molecule has 3 rings (SSSR count). The predicted octanol–water partition coefficient (Wildman–Crippen LogP) is 4.31. The van der Waals surface area contributed by atoms with Gasteiger partial charge in [0.1, 0.15) is 11.5 Å². The lowest BCUT2D eigenvalue weighted by molar-refractivity contribution is -0.137. The molecule has 2 N–H and O–H groups in total. The first-order valence-electron chi connectivity index (χ1n) is 9.28. The van der Waals surface area contributed by atoms with E-state index in [0.29, 0.717) is 22.6 Å². The summed E-state index contributed by atoms with van der Waals surface area (Å²) in [6.45, 7) is -0.283. The minimum absolute atomic E-state index is 0.152. The number of ether oxygens (including phenoxy) is 1. The predicted molar refractivity (Wildman–Crippen MR) is 111 cm³/mol. The van der Waals surface area contributed by atoms with E-state index in [1.54, 1.807) is 36.4 Å². The maximum absolute atomic E-state index is 12.7. The topological polar surface area (TPSA) is 92.9 Å². The van der Waals surface area contributed by atoms with E-state index < -0.39 is 23.6 Å². The highest BCUT2D eigenvalue weighted by atomic mass is 19.4. The van der Waals surface area contributed by atoms with Crippen LogP contribution in [0.3, 0.4) is 0 Å². The van der Waals surface area contributed by atoms with Crippen LogP contribution in [0.1, 0.15) is 21.7 Å². The zero-order chi connectivity index (χ0) is 23.1. The Morgan fingerprint density at radius 2 is 1.88 bits per heavy atom. The quantitative estimate of drug-likeness (QED) is 0.321. The maximum Gasteiger partial charge on any atom is 0.416 e. The Morgan fingerprint density at radius 3 is 2.62 bits per heavy atom. The molecule has 1 heterocycles. The van der Waals surface area contributed by atoms with E-state index in [9.17, 15) is 22.8 Å². The van der Waals surface area contributed by atoms with Gasteiger partial charge in [-0.2, -0.15) is 18.3 Å². The third kappa shape index (κ3) is 5.75. The summed E-state index contributed by atoms with van der Waals surface area (Å²) in [7, 11) is 1.28. The average molecular weight is 445 g/mol. The van der Waals surface area contributed by atoms with Crippen molar-refractivity contribution < 1.29 is 31.9 Å². The van der Waals surface area contributed by atoms with E-state index in [-0.39, 0.29) is 12.2 Å². The fourth-order valence-corrected chi connectivity index (χ4v) is 2.75. The molecule has 0 unspecified atom stereocenters. The SMILES string of the molecule is COC(=O)c1ccccc1-c1ccc(/C=N\NC(=O)CNc2cccc(C(F)(F)F)c2)o1. The number of anilines is 1. The second-order valence-corrected chi connectivity index (χ2v) is 6.46. The van der Waals surface area contributed by atoms with Crippen molar-refractivity contribution in [2.75, 3.05) is 19.0 Å². The van der Waals surface area contributed by atoms with Gasteiger partial charge in [-0.15, -0.1) is 0 Å². The van der Waals surface area contributed by atoms with Crippen molar-refractivity contribution >= 4 is 23.8 Å². The van der Waals surface area contributed by atoms with Gasteiger partial charge in [0.05, 0.1) is 31.0 Å². The molecular weight excluding hydrogens is 427 g/mol. The zero-order valence-electron chi connectivity index (χ0n) is 16.8. The van der Waals surface area contributed by atoms with E-state index >= 15 is 0 Å². The number of hydrazone groups is 1. The highest BCUT2D eigenvalue weighted by Crippen LogP contribution is 2.30. The lowest BCUT2D eigenvalue weighted by atomic mass is 10.1. The molecule has 0 aliphatic heterocycles. The molecule has 7 nitrogen and oxygen atoms in total. The standard InChI is InChI=1S/C22H18F3N3O4/c1-31-21(30)18-8-3-2-7-17(18)19-10-9-16(32-19)12-27-28-20(29)13-26-15-6-4-5-14(11-15)22(23,24)25/h2-12,26H,13H2,1H3,(H,28,29)/b27-12-. The van der Waals surface area contributed by atoms with Crippen LogP contribution in [0.5, 0.6) is 0 Å². The van der Waals surface area contributed by atoms with Crippen LogP contribution in [0.2, 0.25) is 0 Å². The Bertz CT molecular complexity index is 1140. The zero-order valence-corrected chi connectivity index (χ0v) is 16.8. The van der Waals surface area contributed by atoms with Crippen LogP contribution in [0.15, 0.2) is 70.2 Å². The molecule has 3 aromatic rings. The molecular formula is C22H18F3N3O4. The van der Waals surface area contributed by atoms with E-state index in [4.69, 9.17) is 9.15 Å². The average Bonchev–Trinajstić information content (AvgIpc) is 3.25. The minimum atomic E-state index is -4.47. The van der Waals surface area contributed by atoms with Gasteiger partial charge in [0, 0.05) is 11.3 Å². The first-order chi connectivity index (χ1) is 15.3. The van der Waals surface area contributed by atoms with Gasteiger partial charge in [-0.05, 0) is 36.4 Å². The van der Waals surface area contributed by atoms with Gasteiger partial charge in [0.15, 0.2) is 0 Å². The third-order valence-corrected chi connectivity index (χ3v) is 4.25. The molecule has 0 aliphatic rings. The Hall–Kier alpha value is -4.08. The maximum atomic E-state index is 12.7. The van der Waals surface area contributed by atoms with Crippen molar-refractivity contribution in [3.63, 3.8) is 0 Å². The lowest BCUT2D eigenvalue weighted by Crippen LogP contribution is -2.26. The molecule has 0 radical (unpaired) electrons. The van der Waals surface area contributed by atoms with E-state index in [2.05, 4.69) is 15.8 Å². The Morgan fingerprint density at radius 1 is 1.09 bits per heavy atom. The summed E-state index contributed by atoms with van der Waals surface area (Å²) in [6.07, 6.45) is -3.21. The van der Waals surface area contributed by atoms with E-state index in [1.165, 1.54) is 25.5 Å². The number of furan rings is 1. The smallest absolute Gasteiger partial charge is 0.416 e. The number of nitrogens with one attached hydrogen (secondary N) is 2. The van der Waals surface area contributed by atoms with Crippen LogP contribution in [-0.2, 0) is 15.7 Å². The van der Waals surface area contributed by atoms with E-state index in [1.807, 2.05) is 0 Å². The van der Waals surface area contributed by atoms with Crippen molar-refractivity contribution in [3.05, 3.63) is 77.6 Å². The van der Waals surface area contributed by atoms with Crippen LogP contribution in [-0.4, -0.2) is 31.7 Å². The number of alkyl halides is 3. The summed E-state index contributed by atoms with van der Waals surface area (Å²) in [4.78, 5) is 23.8. The second-order valence-electron chi connectivity index (χ2n) is 6.46. The number of hydrogen-bond donors (Lipinski definition) is 2. The van der Waals surface area contributed by atoms with Crippen LogP contribution in [0.25, 0.3) is 11.3 Å². The summed E-state index contributed by atoms with van der Waals surface area (Å²) in [5, 5.41) is 6.36. The number of carbonyl (C=O) groups is 2. The summed E-state index contributed by atoms with van der Waals surface area (Å²) < 4.78 is 48.6. The number of esters is 1. The monoisotopic (exact) mass is 445 g/mol. The highest BCUT2D eigenvalue weighted by Gasteiger charge is 2.30. The molecule has 166 valence electrons. The number of hydrogen-bond acceptors (Lipinski definition) is 6. The summed E-state index contributed by atoms with van der Waals surface area (Å²) in [5.74, 6) is -0.356. The summed E-state index contributed by atoms with van der Waals surface area (Å²) in [5.41, 5.74) is 2.45. The molecule has 1 amide bonds. The number of carbonyl (C=O) groups excluding carboxylic acids is 2. The fourth-order valence-electron chi connectivity index (χ4n) is 2.75. The van der Waals surface area contributed by atoms with Gasteiger partial charge in [0.2, 0.25) is 0 Å². The molecule has 0 saturated carbocycles. The molecule has 0 saturated heterocycles. The fraction of sp³-hybridized carbons (Fsp3) is 0.136. The summed E-state index contributed by atoms with van der Waals surface area (Å²) >= 11 is 0. The molecule has 2 aromatic carbocycles. The Labute approximate surface area is 180 Å². The van der Waals surface area contributed by atoms with Crippen LogP contribution >= 0.6 is 0 Å². The number of benzene rings is 2. The van der Waals surface area contributed by atoms with Crippen molar-refractivity contribution in [1.82, 2.24) is 5.43 Å². The number of halogens is 3. The van der Waals surface area contributed by atoms with Crippen molar-refractivity contribution in [1.29, 1.82) is 0 Å².